The molecule has 2 heterocycles. The van der Waals surface area contributed by atoms with Gasteiger partial charge in [0.2, 0.25) is 5.88 Å². The first kappa shape index (κ1) is 20.8. The molecule has 0 radical (unpaired) electrons. The quantitative estimate of drug-likeness (QED) is 0.466. The molecular weight excluding hydrogens is 380 g/mol. The number of nitrogens with one attached hydrogen (secondary N) is 2. The first-order valence-electron chi connectivity index (χ1n) is 9.60. The molecule has 2 aromatic heterocycles. The number of ether oxygens (including phenoxy) is 1. The number of carbonyl (C=O) groups excluding carboxylic acids is 1. The van der Waals surface area contributed by atoms with E-state index in [1.54, 1.807) is 6.20 Å². The molecule has 3 rings (SSSR count). The Morgan fingerprint density at radius 2 is 2.03 bits per heavy atom. The fourth-order valence-electron chi connectivity index (χ4n) is 2.59. The Morgan fingerprint density at radius 3 is 2.80 bits per heavy atom. The number of nitrogens with zero attached hydrogens (tertiary/aromatic N) is 3. The first-order chi connectivity index (χ1) is 14.7. The number of nitrogen functional groups attached to an aromatic ring is 1. The SMILES string of the molecule is CC/C=C\COc1cnc(C(=O)Nc2cccc(CNc3cccnc3N)c2)cn1. The molecule has 30 heavy (non-hydrogen) atoms. The molecule has 154 valence electrons. The van der Waals surface area contributed by atoms with Crippen LogP contribution in [0.25, 0.3) is 0 Å². The second-order valence-electron chi connectivity index (χ2n) is 6.37. The van der Waals surface area contributed by atoms with E-state index in [9.17, 15) is 4.79 Å². The number of benzene rings is 1. The van der Waals surface area contributed by atoms with Gasteiger partial charge in [0.15, 0.2) is 0 Å². The van der Waals surface area contributed by atoms with Crippen molar-refractivity contribution in [3.63, 3.8) is 0 Å². The van der Waals surface area contributed by atoms with Gasteiger partial charge in [-0.15, -0.1) is 0 Å². The highest BCUT2D eigenvalue weighted by molar-refractivity contribution is 6.02. The van der Waals surface area contributed by atoms with Gasteiger partial charge in [-0.3, -0.25) is 4.79 Å². The Balaban J connectivity index is 1.56. The molecule has 0 aliphatic heterocycles. The lowest BCUT2D eigenvalue weighted by Crippen LogP contribution is -2.14. The second-order valence-corrected chi connectivity index (χ2v) is 6.37. The molecule has 0 bridgehead atoms. The van der Waals surface area contributed by atoms with Crippen molar-refractivity contribution in [2.45, 2.75) is 19.9 Å². The summed E-state index contributed by atoms with van der Waals surface area (Å²) in [6, 6.07) is 11.2. The maximum atomic E-state index is 12.5. The van der Waals surface area contributed by atoms with Crippen LogP contribution in [0.3, 0.4) is 0 Å². The standard InChI is InChI=1S/C22H24N6O2/c1-2-3-4-11-30-20-15-26-19(14-27-20)22(29)28-17-8-5-7-16(12-17)13-25-18-9-6-10-24-21(18)23/h3-10,12,14-15,25H,2,11,13H2,1H3,(H2,23,24)(H,28,29)/b4-3-. The van der Waals surface area contributed by atoms with E-state index in [2.05, 4.69) is 25.6 Å². The second kappa shape index (κ2) is 10.6. The molecule has 0 spiro atoms. The molecular formula is C22H24N6O2. The highest BCUT2D eigenvalue weighted by Crippen LogP contribution is 2.17. The monoisotopic (exact) mass is 404 g/mol. The summed E-state index contributed by atoms with van der Waals surface area (Å²) in [5.41, 5.74) is 8.44. The van der Waals surface area contributed by atoms with E-state index in [1.807, 2.05) is 55.5 Å². The first-order valence-corrected chi connectivity index (χ1v) is 9.60. The average molecular weight is 404 g/mol. The van der Waals surface area contributed by atoms with Crippen LogP contribution in [-0.4, -0.2) is 27.5 Å². The maximum Gasteiger partial charge on any atom is 0.275 e. The number of carbonyl (C=O) groups is 1. The van der Waals surface area contributed by atoms with Gasteiger partial charge in [-0.1, -0.05) is 31.2 Å². The Hall–Kier alpha value is -3.94. The molecule has 4 N–H and O–H groups in total. The van der Waals surface area contributed by atoms with Crippen molar-refractivity contribution in [2.24, 2.45) is 0 Å². The van der Waals surface area contributed by atoms with Crippen molar-refractivity contribution in [3.05, 3.63) is 78.4 Å². The van der Waals surface area contributed by atoms with Crippen LogP contribution >= 0.6 is 0 Å². The molecule has 8 nitrogen and oxygen atoms in total. The summed E-state index contributed by atoms with van der Waals surface area (Å²) in [6.45, 7) is 3.00. The van der Waals surface area contributed by atoms with Crippen LogP contribution in [0.4, 0.5) is 17.2 Å². The van der Waals surface area contributed by atoms with Crippen LogP contribution in [0.1, 0.15) is 29.4 Å². The van der Waals surface area contributed by atoms with Crippen molar-refractivity contribution in [2.75, 3.05) is 23.0 Å². The molecule has 3 aromatic rings. The van der Waals surface area contributed by atoms with E-state index in [0.29, 0.717) is 30.5 Å². The van der Waals surface area contributed by atoms with Crippen LogP contribution in [-0.2, 0) is 6.54 Å². The zero-order valence-electron chi connectivity index (χ0n) is 16.7. The molecule has 0 atom stereocenters. The lowest BCUT2D eigenvalue weighted by molar-refractivity contribution is 0.102. The third-order valence-corrected chi connectivity index (χ3v) is 4.10. The molecule has 1 amide bonds. The highest BCUT2D eigenvalue weighted by atomic mass is 16.5. The fourth-order valence-corrected chi connectivity index (χ4v) is 2.59. The summed E-state index contributed by atoms with van der Waals surface area (Å²) >= 11 is 0. The number of hydrogen-bond acceptors (Lipinski definition) is 7. The van der Waals surface area contributed by atoms with E-state index in [0.717, 1.165) is 17.7 Å². The van der Waals surface area contributed by atoms with E-state index >= 15 is 0 Å². The van der Waals surface area contributed by atoms with Gasteiger partial charge in [0.1, 0.15) is 18.1 Å². The number of nitrogens with two attached hydrogens (primary N) is 1. The van der Waals surface area contributed by atoms with Gasteiger partial charge in [-0.25, -0.2) is 15.0 Å². The van der Waals surface area contributed by atoms with Crippen molar-refractivity contribution in [1.82, 2.24) is 15.0 Å². The number of allylic oxidation sites excluding steroid dienone is 1. The van der Waals surface area contributed by atoms with Gasteiger partial charge in [-0.2, -0.15) is 0 Å². The number of anilines is 3. The van der Waals surface area contributed by atoms with E-state index in [1.165, 1.54) is 12.4 Å². The minimum Gasteiger partial charge on any atom is -0.472 e. The van der Waals surface area contributed by atoms with Gasteiger partial charge < -0.3 is 21.1 Å². The number of amides is 1. The molecule has 0 saturated heterocycles. The third-order valence-electron chi connectivity index (χ3n) is 4.10. The molecule has 0 aliphatic rings. The normalized spacial score (nSPS) is 10.7. The largest absolute Gasteiger partial charge is 0.472 e. The predicted molar refractivity (Wildman–Crippen MR) is 117 cm³/mol. The molecule has 0 aliphatic carbocycles. The van der Waals surface area contributed by atoms with Crippen LogP contribution < -0.4 is 21.1 Å². The topological polar surface area (TPSA) is 115 Å². The zero-order chi connectivity index (χ0) is 21.2. The summed E-state index contributed by atoms with van der Waals surface area (Å²) in [6.07, 6.45) is 9.33. The summed E-state index contributed by atoms with van der Waals surface area (Å²) in [4.78, 5) is 24.7. The summed E-state index contributed by atoms with van der Waals surface area (Å²) in [5.74, 6) is 0.464. The molecule has 0 unspecified atom stereocenters. The molecule has 1 aromatic carbocycles. The third kappa shape index (κ3) is 6.03. The zero-order valence-corrected chi connectivity index (χ0v) is 16.7. The number of hydrogen-bond donors (Lipinski definition) is 3. The van der Waals surface area contributed by atoms with Crippen LogP contribution in [0.2, 0.25) is 0 Å². The van der Waals surface area contributed by atoms with E-state index < -0.39 is 0 Å². The average Bonchev–Trinajstić information content (AvgIpc) is 2.77. The minimum atomic E-state index is -0.346. The van der Waals surface area contributed by atoms with Crippen molar-refractivity contribution < 1.29 is 9.53 Å². The number of pyridine rings is 1. The van der Waals surface area contributed by atoms with Crippen LogP contribution in [0.15, 0.2) is 67.1 Å². The van der Waals surface area contributed by atoms with Gasteiger partial charge in [-0.05, 0) is 36.2 Å². The Kier molecular flexibility index (Phi) is 7.32. The van der Waals surface area contributed by atoms with E-state index in [4.69, 9.17) is 10.5 Å². The smallest absolute Gasteiger partial charge is 0.275 e. The highest BCUT2D eigenvalue weighted by Gasteiger charge is 2.09. The van der Waals surface area contributed by atoms with Gasteiger partial charge in [0.25, 0.3) is 5.91 Å². The van der Waals surface area contributed by atoms with Crippen LogP contribution in [0, 0.1) is 0 Å². The molecule has 0 fully saturated rings. The lowest BCUT2D eigenvalue weighted by atomic mass is 10.2. The molecule has 0 saturated carbocycles. The maximum absolute atomic E-state index is 12.5. The van der Waals surface area contributed by atoms with Gasteiger partial charge in [0, 0.05) is 18.4 Å². The van der Waals surface area contributed by atoms with Gasteiger partial charge >= 0.3 is 0 Å². The Labute approximate surface area is 175 Å². The van der Waals surface area contributed by atoms with Crippen molar-refractivity contribution in [1.29, 1.82) is 0 Å². The lowest BCUT2D eigenvalue weighted by Gasteiger charge is -2.10. The minimum absolute atomic E-state index is 0.207. The van der Waals surface area contributed by atoms with Gasteiger partial charge in [0.05, 0.1) is 18.1 Å². The predicted octanol–water partition coefficient (Wildman–Crippen LogP) is 3.66. The molecule has 8 heteroatoms. The Bertz CT molecular complexity index is 1000. The van der Waals surface area contributed by atoms with Crippen LogP contribution in [0.5, 0.6) is 5.88 Å². The summed E-state index contributed by atoms with van der Waals surface area (Å²) < 4.78 is 5.44. The van der Waals surface area contributed by atoms with E-state index in [-0.39, 0.29) is 11.6 Å². The Morgan fingerprint density at radius 1 is 1.13 bits per heavy atom. The van der Waals surface area contributed by atoms with Crippen molar-refractivity contribution in [3.8, 4) is 5.88 Å². The van der Waals surface area contributed by atoms with Crippen molar-refractivity contribution >= 4 is 23.1 Å². The fraction of sp³-hybridized carbons (Fsp3) is 0.182. The number of aromatic nitrogens is 3. The summed E-state index contributed by atoms with van der Waals surface area (Å²) in [7, 11) is 0. The summed E-state index contributed by atoms with van der Waals surface area (Å²) in [5, 5.41) is 6.06. The number of rotatable bonds is 9.